The van der Waals surface area contributed by atoms with Crippen LogP contribution in [0.4, 0.5) is 0 Å². The first kappa shape index (κ1) is 23.2. The molecule has 1 aromatic rings. The second-order valence-corrected chi connectivity index (χ2v) is 8.83. The molecule has 2 rings (SSSR count). The fourth-order valence-corrected chi connectivity index (χ4v) is 2.15. The number of rotatable bonds is 2. The summed E-state index contributed by atoms with van der Waals surface area (Å²) >= 11 is 0. The molecule has 0 aliphatic carbocycles. The van der Waals surface area contributed by atoms with Gasteiger partial charge in [-0.05, 0) is 35.8 Å². The summed E-state index contributed by atoms with van der Waals surface area (Å²) in [5.41, 5.74) is 2.90. The number of allylic oxidation sites excluding steroid dienone is 3. The molecule has 1 atom stereocenters. The molecule has 0 amide bonds. The molecule has 25 heavy (non-hydrogen) atoms. The minimum Gasteiger partial charge on any atom is -0.362 e. The minimum absolute atomic E-state index is 0. The number of hydrogen-bond donors (Lipinski definition) is 2. The normalized spacial score (nSPS) is 15.4. The van der Waals surface area contributed by atoms with Crippen LogP contribution in [0, 0.1) is 17.8 Å². The van der Waals surface area contributed by atoms with Crippen molar-refractivity contribution in [2.75, 3.05) is 0 Å². The quantitative estimate of drug-likeness (QED) is 0.703. The molecule has 0 saturated carbocycles. The van der Waals surface area contributed by atoms with Crippen LogP contribution in [0.15, 0.2) is 36.2 Å². The van der Waals surface area contributed by atoms with E-state index in [4.69, 9.17) is 0 Å². The second-order valence-electron chi connectivity index (χ2n) is 8.83. The van der Waals surface area contributed by atoms with E-state index in [0.29, 0.717) is 11.3 Å². The maximum atomic E-state index is 4.31. The van der Waals surface area contributed by atoms with Gasteiger partial charge in [0.1, 0.15) is 5.82 Å². The van der Waals surface area contributed by atoms with Crippen molar-refractivity contribution in [1.29, 1.82) is 0 Å². The fraction of sp³-hybridized carbons (Fsp3) is 0.619. The lowest BCUT2D eigenvalue weighted by Gasteiger charge is -2.24. The van der Waals surface area contributed by atoms with Crippen LogP contribution in [0.25, 0.3) is 0 Å². The molecule has 2 N–H and O–H groups in total. The highest BCUT2D eigenvalue weighted by Crippen LogP contribution is 2.32. The number of nitrogens with zero attached hydrogens (tertiary/aromatic N) is 2. The topological polar surface area (TPSA) is 53.6 Å². The predicted octanol–water partition coefficient (Wildman–Crippen LogP) is 5.88. The van der Waals surface area contributed by atoms with Gasteiger partial charge in [0, 0.05) is 17.8 Å². The Kier molecular flexibility index (Phi) is 8.36. The van der Waals surface area contributed by atoms with Crippen LogP contribution in [0.5, 0.6) is 0 Å². The van der Waals surface area contributed by atoms with Gasteiger partial charge in [0.05, 0.1) is 0 Å². The summed E-state index contributed by atoms with van der Waals surface area (Å²) in [6.45, 7) is 21.2. The lowest BCUT2D eigenvalue weighted by Crippen LogP contribution is -2.16. The lowest BCUT2D eigenvalue weighted by molar-refractivity contribution is 0.328. The van der Waals surface area contributed by atoms with Crippen molar-refractivity contribution in [3.63, 3.8) is 0 Å². The molecule has 1 aliphatic heterocycles. The zero-order chi connectivity index (χ0) is 18.5. The number of nitrogens with one attached hydrogen (secondary N) is 2. The molecule has 4 nitrogen and oxygen atoms in total. The zero-order valence-electron chi connectivity index (χ0n) is 16.6. The Morgan fingerprint density at radius 3 is 2.08 bits per heavy atom. The Hall–Kier alpha value is -1.84. The highest BCUT2D eigenvalue weighted by atomic mass is 15.2. The van der Waals surface area contributed by atoms with Crippen molar-refractivity contribution < 1.29 is 0 Å². The smallest absolute Gasteiger partial charge is 0.154 e. The Bertz CT molecular complexity index is 607. The molecule has 0 aromatic carbocycles. The van der Waals surface area contributed by atoms with Crippen molar-refractivity contribution in [2.45, 2.75) is 75.2 Å². The maximum absolute atomic E-state index is 4.31. The first-order chi connectivity index (χ1) is 10.9. The highest BCUT2D eigenvalue weighted by molar-refractivity contribution is 5.32. The third-order valence-corrected chi connectivity index (χ3v) is 3.98. The van der Waals surface area contributed by atoms with Gasteiger partial charge in [0.25, 0.3) is 0 Å². The molecular weight excluding hydrogens is 308 g/mol. The fourth-order valence-electron chi connectivity index (χ4n) is 2.15. The molecule has 142 valence electrons. The van der Waals surface area contributed by atoms with E-state index in [-0.39, 0.29) is 12.8 Å². The molecule has 0 fully saturated rings. The number of H-pyrrole nitrogens is 1. The third kappa shape index (κ3) is 8.71. The number of dihydropyridines is 1. The van der Waals surface area contributed by atoms with Crippen LogP contribution in [0.3, 0.4) is 0 Å². The summed E-state index contributed by atoms with van der Waals surface area (Å²) in [4.78, 5) is 4.31. The van der Waals surface area contributed by atoms with Crippen LogP contribution in [-0.4, -0.2) is 15.2 Å². The molecule has 4 heteroatoms. The van der Waals surface area contributed by atoms with Crippen molar-refractivity contribution in [1.82, 2.24) is 20.5 Å². The third-order valence-electron chi connectivity index (χ3n) is 3.98. The highest BCUT2D eigenvalue weighted by Gasteiger charge is 2.24. The van der Waals surface area contributed by atoms with Crippen molar-refractivity contribution in [3.05, 3.63) is 47.8 Å². The lowest BCUT2D eigenvalue weighted by atomic mass is 9.82. The van der Waals surface area contributed by atoms with Gasteiger partial charge in [-0.25, -0.2) is 4.98 Å². The molecule has 0 radical (unpaired) electrons. The molecule has 0 saturated heterocycles. The van der Waals surface area contributed by atoms with Crippen LogP contribution in [0.2, 0.25) is 0 Å². The van der Waals surface area contributed by atoms with Gasteiger partial charge >= 0.3 is 0 Å². The van der Waals surface area contributed by atoms with Gasteiger partial charge in [-0.2, -0.15) is 5.10 Å². The molecule has 0 bridgehead atoms. The Labute approximate surface area is 154 Å². The van der Waals surface area contributed by atoms with Gasteiger partial charge < -0.3 is 5.32 Å². The van der Waals surface area contributed by atoms with Crippen molar-refractivity contribution in [3.8, 4) is 0 Å². The number of aryl methyl sites for hydroxylation is 1. The van der Waals surface area contributed by atoms with E-state index in [2.05, 4.69) is 81.6 Å². The maximum Gasteiger partial charge on any atom is 0.154 e. The van der Waals surface area contributed by atoms with E-state index in [1.807, 2.05) is 19.2 Å². The van der Waals surface area contributed by atoms with Gasteiger partial charge in [0.15, 0.2) is 5.82 Å². The molecule has 2 heterocycles. The SMILES string of the molecule is C.C=C1C=CC(CC(C)(C)C)=CN1.Cc1nc(C(C)C(C)(C)C)n[nH]1. The van der Waals surface area contributed by atoms with Gasteiger partial charge in [-0.3, -0.25) is 5.10 Å². The van der Waals surface area contributed by atoms with Crippen molar-refractivity contribution in [2.24, 2.45) is 10.8 Å². The van der Waals surface area contributed by atoms with Gasteiger partial charge in [-0.1, -0.05) is 68.5 Å². The Morgan fingerprint density at radius 1 is 1.12 bits per heavy atom. The minimum atomic E-state index is 0. The van der Waals surface area contributed by atoms with Gasteiger partial charge in [-0.15, -0.1) is 0 Å². The van der Waals surface area contributed by atoms with E-state index >= 15 is 0 Å². The van der Waals surface area contributed by atoms with E-state index in [9.17, 15) is 0 Å². The first-order valence-corrected chi connectivity index (χ1v) is 8.60. The first-order valence-electron chi connectivity index (χ1n) is 8.60. The molecule has 1 aromatic heterocycles. The summed E-state index contributed by atoms with van der Waals surface area (Å²) in [5.74, 6) is 2.20. The number of hydrogen-bond acceptors (Lipinski definition) is 3. The molecular formula is C21H38N4. The van der Waals surface area contributed by atoms with Crippen LogP contribution in [0.1, 0.15) is 79.9 Å². The summed E-state index contributed by atoms with van der Waals surface area (Å²) < 4.78 is 0. The molecule has 1 aliphatic rings. The van der Waals surface area contributed by atoms with Crippen LogP contribution in [-0.2, 0) is 0 Å². The second kappa shape index (κ2) is 9.02. The average molecular weight is 347 g/mol. The van der Waals surface area contributed by atoms with Gasteiger partial charge in [0.2, 0.25) is 0 Å². The Balaban J connectivity index is 0.000000443. The molecule has 1 unspecified atom stereocenters. The number of aromatic nitrogens is 3. The summed E-state index contributed by atoms with van der Waals surface area (Å²) in [5, 5.41) is 10.1. The summed E-state index contributed by atoms with van der Waals surface area (Å²) in [6.07, 6.45) is 7.28. The van der Waals surface area contributed by atoms with E-state index < -0.39 is 0 Å². The van der Waals surface area contributed by atoms with E-state index in [1.54, 1.807) is 0 Å². The average Bonchev–Trinajstić information content (AvgIpc) is 2.85. The monoisotopic (exact) mass is 346 g/mol. The molecule has 0 spiro atoms. The van der Waals surface area contributed by atoms with E-state index in [1.165, 1.54) is 5.57 Å². The number of aromatic amines is 1. The van der Waals surface area contributed by atoms with Crippen molar-refractivity contribution >= 4 is 0 Å². The summed E-state index contributed by atoms with van der Waals surface area (Å²) in [6, 6.07) is 0. The van der Waals surface area contributed by atoms with Crippen LogP contribution >= 0.6 is 0 Å². The summed E-state index contributed by atoms with van der Waals surface area (Å²) in [7, 11) is 0. The Morgan fingerprint density at radius 2 is 1.72 bits per heavy atom. The largest absolute Gasteiger partial charge is 0.362 e. The van der Waals surface area contributed by atoms with Crippen LogP contribution < -0.4 is 5.32 Å². The van der Waals surface area contributed by atoms with E-state index in [0.717, 1.165) is 23.8 Å². The zero-order valence-corrected chi connectivity index (χ0v) is 16.6. The standard InChI is InChI=1S/C11H17N.C9H17N3.CH4/c1-9-5-6-10(8-12-9)7-11(2,3)4;1-6(9(3,4)5)8-10-7(2)11-12-8;/h5-6,8,12H,1,7H2,2-4H3;6H,1-5H3,(H,10,11,12);1H4. The predicted molar refractivity (Wildman–Crippen MR) is 109 cm³/mol.